The molecule has 0 fully saturated rings. The van der Waals surface area contributed by atoms with Crippen molar-refractivity contribution in [3.05, 3.63) is 0 Å². The summed E-state index contributed by atoms with van der Waals surface area (Å²) in [6.45, 7) is -0.637. The van der Waals surface area contributed by atoms with Crippen LogP contribution in [0.3, 0.4) is 0 Å². The molecule has 90 valence electrons. The van der Waals surface area contributed by atoms with Gasteiger partial charge < -0.3 is 14.9 Å². The minimum atomic E-state index is -3.93. The molecule has 0 aliphatic carbocycles. The number of nitrogens with one attached hydrogen (secondary N) is 2. The van der Waals surface area contributed by atoms with Crippen LogP contribution in [0, 0.1) is 0 Å². The second-order valence-electron chi connectivity index (χ2n) is 2.58. The molecule has 0 saturated carbocycles. The first-order chi connectivity index (χ1) is 6.93. The van der Waals surface area contributed by atoms with Gasteiger partial charge in [0, 0.05) is 13.7 Å². The van der Waals surface area contributed by atoms with E-state index in [0.717, 1.165) is 0 Å². The van der Waals surface area contributed by atoms with Crippen LogP contribution in [0.5, 0.6) is 0 Å². The van der Waals surface area contributed by atoms with Crippen LogP contribution in [-0.4, -0.2) is 57.5 Å². The van der Waals surface area contributed by atoms with Gasteiger partial charge in [-0.25, -0.2) is 0 Å². The predicted octanol–water partition coefficient (Wildman–Crippen LogP) is -2.50. The molecule has 0 saturated heterocycles. The van der Waals surface area contributed by atoms with E-state index < -0.39 is 28.8 Å². The first-order valence-corrected chi connectivity index (χ1v) is 5.50. The zero-order chi connectivity index (χ0) is 11.9. The maximum absolute atomic E-state index is 11.1. The highest BCUT2D eigenvalue weighted by molar-refractivity contribution is 7.87. The second kappa shape index (κ2) is 6.69. The van der Waals surface area contributed by atoms with Crippen LogP contribution in [0.4, 0.5) is 0 Å². The van der Waals surface area contributed by atoms with Crippen LogP contribution in [0.2, 0.25) is 0 Å². The van der Waals surface area contributed by atoms with Gasteiger partial charge in [0.2, 0.25) is 0 Å². The highest BCUT2D eigenvalue weighted by atomic mass is 32.2. The van der Waals surface area contributed by atoms with E-state index in [-0.39, 0.29) is 13.2 Å². The van der Waals surface area contributed by atoms with E-state index in [0.29, 0.717) is 0 Å². The highest BCUT2D eigenvalue weighted by Gasteiger charge is 2.22. The minimum Gasteiger partial charge on any atom is -0.480 e. The fourth-order valence-electron chi connectivity index (χ4n) is 0.673. The quantitative estimate of drug-likeness (QED) is 0.349. The Bertz CT molecular complexity index is 290. The molecule has 0 rings (SSSR count). The van der Waals surface area contributed by atoms with Crippen molar-refractivity contribution in [2.24, 2.45) is 0 Å². The number of ether oxygens (including phenoxy) is 1. The minimum absolute atomic E-state index is 0.0175. The number of aliphatic hydroxyl groups excluding tert-OH is 1. The lowest BCUT2D eigenvalue weighted by Crippen LogP contribution is -2.48. The smallest absolute Gasteiger partial charge is 0.324 e. The van der Waals surface area contributed by atoms with Crippen LogP contribution < -0.4 is 9.44 Å². The van der Waals surface area contributed by atoms with Gasteiger partial charge in [-0.1, -0.05) is 0 Å². The molecule has 0 heterocycles. The molecule has 0 aromatic heterocycles. The summed E-state index contributed by atoms with van der Waals surface area (Å²) >= 11 is 0. The largest absolute Gasteiger partial charge is 0.480 e. The van der Waals surface area contributed by atoms with Crippen molar-refractivity contribution in [2.45, 2.75) is 6.04 Å². The first kappa shape index (κ1) is 14.3. The number of carboxylic acid groups (broad SMARTS) is 1. The highest BCUT2D eigenvalue weighted by Crippen LogP contribution is 1.86. The molecule has 4 N–H and O–H groups in total. The van der Waals surface area contributed by atoms with Crippen molar-refractivity contribution in [3.8, 4) is 0 Å². The molecule has 0 radical (unpaired) electrons. The summed E-state index contributed by atoms with van der Waals surface area (Å²) in [6.07, 6.45) is 0. The summed E-state index contributed by atoms with van der Waals surface area (Å²) < 4.78 is 30.6. The number of aliphatic hydroxyl groups is 1. The van der Waals surface area contributed by atoms with Crippen LogP contribution >= 0.6 is 0 Å². The second-order valence-corrected chi connectivity index (χ2v) is 4.11. The lowest BCUT2D eigenvalue weighted by molar-refractivity contribution is -0.139. The van der Waals surface area contributed by atoms with E-state index in [2.05, 4.69) is 4.74 Å². The van der Waals surface area contributed by atoms with Crippen LogP contribution in [0.15, 0.2) is 0 Å². The number of hydrogen-bond acceptors (Lipinski definition) is 5. The van der Waals surface area contributed by atoms with Gasteiger partial charge in [-0.05, 0) is 0 Å². The van der Waals surface area contributed by atoms with E-state index in [1.54, 1.807) is 4.72 Å². The number of rotatable bonds is 8. The fraction of sp³-hybridized carbons (Fsp3) is 0.833. The lowest BCUT2D eigenvalue weighted by Gasteiger charge is -2.12. The monoisotopic (exact) mass is 242 g/mol. The standard InChI is InChI=1S/C6H14N2O6S/c1-14-3-2-7-15(12,13)8-5(4-9)6(10)11/h5,7-9H,2-4H2,1H3,(H,10,11)/t5-/m1/s1. The fourth-order valence-corrected chi connectivity index (χ4v) is 1.66. The van der Waals surface area contributed by atoms with Crippen molar-refractivity contribution in [1.29, 1.82) is 0 Å². The van der Waals surface area contributed by atoms with Crippen molar-refractivity contribution in [1.82, 2.24) is 9.44 Å². The van der Waals surface area contributed by atoms with Crippen LogP contribution in [0.1, 0.15) is 0 Å². The topological polar surface area (TPSA) is 125 Å². The summed E-state index contributed by atoms with van der Waals surface area (Å²) in [4.78, 5) is 10.4. The van der Waals surface area contributed by atoms with Gasteiger partial charge in [-0.15, -0.1) is 0 Å². The normalized spacial score (nSPS) is 13.7. The number of carboxylic acids is 1. The summed E-state index contributed by atoms with van der Waals surface area (Å²) in [5.74, 6) is -1.45. The van der Waals surface area contributed by atoms with E-state index in [9.17, 15) is 13.2 Å². The third-order valence-corrected chi connectivity index (χ3v) is 2.56. The molecule has 0 unspecified atom stereocenters. The summed E-state index contributed by atoms with van der Waals surface area (Å²) in [7, 11) is -2.53. The van der Waals surface area contributed by atoms with Crippen LogP contribution in [0.25, 0.3) is 0 Å². The maximum Gasteiger partial charge on any atom is 0.324 e. The Kier molecular flexibility index (Phi) is 6.36. The maximum atomic E-state index is 11.1. The van der Waals surface area contributed by atoms with Crippen molar-refractivity contribution in [2.75, 3.05) is 26.9 Å². The van der Waals surface area contributed by atoms with Gasteiger partial charge in [0.25, 0.3) is 10.2 Å². The number of hydrogen-bond donors (Lipinski definition) is 4. The molecule has 0 spiro atoms. The van der Waals surface area contributed by atoms with E-state index >= 15 is 0 Å². The van der Waals surface area contributed by atoms with Gasteiger partial charge in [0.1, 0.15) is 6.04 Å². The molecule has 0 aliphatic rings. The summed E-state index contributed by atoms with van der Waals surface area (Å²) in [6, 6.07) is -1.55. The predicted molar refractivity (Wildman–Crippen MR) is 50.4 cm³/mol. The van der Waals surface area contributed by atoms with Crippen molar-refractivity contribution in [3.63, 3.8) is 0 Å². The molecule has 1 atom stereocenters. The molecular weight excluding hydrogens is 228 g/mol. The van der Waals surface area contributed by atoms with Gasteiger partial charge in [0.05, 0.1) is 13.2 Å². The van der Waals surface area contributed by atoms with Gasteiger partial charge in [-0.2, -0.15) is 17.9 Å². The Morgan fingerprint density at radius 3 is 2.53 bits per heavy atom. The molecule has 9 heteroatoms. The van der Waals surface area contributed by atoms with E-state index in [4.69, 9.17) is 10.2 Å². The average molecular weight is 242 g/mol. The number of carbonyl (C=O) groups is 1. The van der Waals surface area contributed by atoms with Crippen molar-refractivity contribution < 1.29 is 28.2 Å². The Morgan fingerprint density at radius 1 is 1.53 bits per heavy atom. The molecular formula is C6H14N2O6S. The first-order valence-electron chi connectivity index (χ1n) is 4.02. The zero-order valence-corrected chi connectivity index (χ0v) is 8.95. The Morgan fingerprint density at radius 2 is 2.13 bits per heavy atom. The Hall–Kier alpha value is -0.740. The van der Waals surface area contributed by atoms with Gasteiger partial charge in [0.15, 0.2) is 0 Å². The molecule has 0 bridgehead atoms. The van der Waals surface area contributed by atoms with E-state index in [1.807, 2.05) is 4.72 Å². The Labute approximate surface area is 87.4 Å². The van der Waals surface area contributed by atoms with E-state index in [1.165, 1.54) is 7.11 Å². The summed E-state index contributed by atoms with van der Waals surface area (Å²) in [5.41, 5.74) is 0. The molecule has 0 aromatic rings. The van der Waals surface area contributed by atoms with Gasteiger partial charge >= 0.3 is 5.97 Å². The zero-order valence-electron chi connectivity index (χ0n) is 8.13. The van der Waals surface area contributed by atoms with Gasteiger partial charge in [-0.3, -0.25) is 4.79 Å². The number of methoxy groups -OCH3 is 1. The third kappa shape index (κ3) is 6.36. The average Bonchev–Trinajstić information content (AvgIpc) is 2.14. The van der Waals surface area contributed by atoms with Crippen LogP contribution in [-0.2, 0) is 19.7 Å². The number of aliphatic carboxylic acids is 1. The molecule has 8 nitrogen and oxygen atoms in total. The SMILES string of the molecule is COCCNS(=O)(=O)N[C@H](CO)C(=O)O. The summed E-state index contributed by atoms with van der Waals surface area (Å²) in [5, 5.41) is 17.0. The molecule has 0 amide bonds. The van der Waals surface area contributed by atoms with Crippen molar-refractivity contribution >= 4 is 16.2 Å². The lowest BCUT2D eigenvalue weighted by atomic mass is 10.3. The third-order valence-electron chi connectivity index (χ3n) is 1.38. The molecule has 0 aliphatic heterocycles. The molecule has 0 aromatic carbocycles. The Balaban J connectivity index is 4.17. The molecule has 15 heavy (non-hydrogen) atoms.